The number of nitrogens with zero attached hydrogens (tertiary/aromatic N) is 1. The van der Waals surface area contributed by atoms with Crippen molar-refractivity contribution in [2.45, 2.75) is 57.0 Å². The van der Waals surface area contributed by atoms with Crippen molar-refractivity contribution in [1.29, 1.82) is 0 Å². The van der Waals surface area contributed by atoms with Crippen LogP contribution in [0.2, 0.25) is 0 Å². The molecule has 1 saturated carbocycles. The largest absolute Gasteiger partial charge is 0.350 e. The van der Waals surface area contributed by atoms with Gasteiger partial charge in [0.15, 0.2) is 0 Å². The zero-order valence-electron chi connectivity index (χ0n) is 12.0. The smallest absolute Gasteiger partial charge is 0.237 e. The molecule has 4 nitrogen and oxygen atoms in total. The number of hydrogen-bond donors (Lipinski definition) is 2. The Morgan fingerprint density at radius 2 is 1.95 bits per heavy atom. The molecule has 3 N–H and O–H groups in total. The third kappa shape index (κ3) is 4.76. The van der Waals surface area contributed by atoms with E-state index in [-0.39, 0.29) is 23.9 Å². The Bertz CT molecular complexity index is 418. The molecular weight excluding hydrogens is 274 g/mol. The topological polar surface area (TPSA) is 68.0 Å². The molecular formula is C15H24ClN3O. The lowest BCUT2D eigenvalue weighted by Crippen LogP contribution is -2.53. The molecule has 112 valence electrons. The van der Waals surface area contributed by atoms with Gasteiger partial charge < -0.3 is 11.1 Å². The standard InChI is InChI=1S/C15H23N3O.ClH/c1-15(7-3-2-4-8-15)18-14(19)13(16)11-12-5-9-17-10-6-12;/h5-6,9-10,13H,2-4,7-8,11,16H2,1H3,(H,18,19);1H/t13-;/m0./s1. The van der Waals surface area contributed by atoms with Gasteiger partial charge in [-0.25, -0.2) is 0 Å². The van der Waals surface area contributed by atoms with Gasteiger partial charge in [0.25, 0.3) is 0 Å². The van der Waals surface area contributed by atoms with Crippen LogP contribution in [0.1, 0.15) is 44.6 Å². The van der Waals surface area contributed by atoms with E-state index in [1.54, 1.807) is 12.4 Å². The molecule has 20 heavy (non-hydrogen) atoms. The average Bonchev–Trinajstić information content (AvgIpc) is 2.40. The van der Waals surface area contributed by atoms with Crippen LogP contribution in [0.25, 0.3) is 0 Å². The molecule has 1 aliphatic carbocycles. The number of hydrogen-bond acceptors (Lipinski definition) is 3. The van der Waals surface area contributed by atoms with Gasteiger partial charge in [-0.2, -0.15) is 0 Å². The highest BCUT2D eigenvalue weighted by atomic mass is 35.5. The van der Waals surface area contributed by atoms with Crippen molar-refractivity contribution in [3.8, 4) is 0 Å². The van der Waals surface area contributed by atoms with E-state index in [1.807, 2.05) is 12.1 Å². The number of nitrogens with one attached hydrogen (secondary N) is 1. The van der Waals surface area contributed by atoms with E-state index in [0.29, 0.717) is 6.42 Å². The third-order valence-corrected chi connectivity index (χ3v) is 3.92. The molecule has 1 aliphatic rings. The van der Waals surface area contributed by atoms with Gasteiger partial charge in [-0.3, -0.25) is 9.78 Å². The lowest BCUT2D eigenvalue weighted by Gasteiger charge is -2.35. The second-order valence-electron chi connectivity index (χ2n) is 5.78. The van der Waals surface area contributed by atoms with E-state index in [0.717, 1.165) is 18.4 Å². The number of carbonyl (C=O) groups is 1. The van der Waals surface area contributed by atoms with Gasteiger partial charge in [0.05, 0.1) is 6.04 Å². The minimum Gasteiger partial charge on any atom is -0.350 e. The Kier molecular flexibility index (Phi) is 6.43. The second kappa shape index (κ2) is 7.60. The van der Waals surface area contributed by atoms with Crippen LogP contribution in [-0.4, -0.2) is 22.5 Å². The molecule has 0 bridgehead atoms. The average molecular weight is 298 g/mol. The summed E-state index contributed by atoms with van der Waals surface area (Å²) in [5, 5.41) is 3.14. The second-order valence-corrected chi connectivity index (χ2v) is 5.78. The zero-order chi connectivity index (χ0) is 13.7. The lowest BCUT2D eigenvalue weighted by atomic mass is 9.83. The fourth-order valence-electron chi connectivity index (χ4n) is 2.71. The molecule has 0 unspecified atom stereocenters. The van der Waals surface area contributed by atoms with Crippen molar-refractivity contribution < 1.29 is 4.79 Å². The molecule has 1 amide bonds. The molecule has 1 atom stereocenters. The van der Waals surface area contributed by atoms with Crippen LogP contribution in [-0.2, 0) is 11.2 Å². The molecule has 1 aromatic heterocycles. The van der Waals surface area contributed by atoms with Gasteiger partial charge in [-0.05, 0) is 43.9 Å². The summed E-state index contributed by atoms with van der Waals surface area (Å²) in [5.74, 6) is -0.0405. The summed E-state index contributed by atoms with van der Waals surface area (Å²) in [6.07, 6.45) is 9.78. The predicted octanol–water partition coefficient (Wildman–Crippen LogP) is 2.21. The summed E-state index contributed by atoms with van der Waals surface area (Å²) >= 11 is 0. The van der Waals surface area contributed by atoms with Crippen molar-refractivity contribution in [3.63, 3.8) is 0 Å². The fourth-order valence-corrected chi connectivity index (χ4v) is 2.71. The first-order chi connectivity index (χ1) is 9.09. The predicted molar refractivity (Wildman–Crippen MR) is 82.8 cm³/mol. The number of halogens is 1. The van der Waals surface area contributed by atoms with Crippen LogP contribution in [0.4, 0.5) is 0 Å². The highest BCUT2D eigenvalue weighted by molar-refractivity contribution is 5.85. The summed E-state index contributed by atoms with van der Waals surface area (Å²) in [4.78, 5) is 16.1. The van der Waals surface area contributed by atoms with Crippen LogP contribution >= 0.6 is 12.4 Å². The molecule has 0 spiro atoms. The number of carbonyl (C=O) groups excluding carboxylic acids is 1. The molecule has 5 heteroatoms. The third-order valence-electron chi connectivity index (χ3n) is 3.92. The van der Waals surface area contributed by atoms with Gasteiger partial charge in [0.2, 0.25) is 5.91 Å². The molecule has 0 saturated heterocycles. The van der Waals surface area contributed by atoms with E-state index in [9.17, 15) is 4.79 Å². The maximum absolute atomic E-state index is 12.2. The van der Waals surface area contributed by atoms with Crippen LogP contribution in [0.3, 0.4) is 0 Å². The summed E-state index contributed by atoms with van der Waals surface area (Å²) < 4.78 is 0. The lowest BCUT2D eigenvalue weighted by molar-refractivity contribution is -0.124. The maximum atomic E-state index is 12.2. The van der Waals surface area contributed by atoms with Crippen molar-refractivity contribution >= 4 is 18.3 Å². The van der Waals surface area contributed by atoms with E-state index in [1.165, 1.54) is 19.3 Å². The highest BCUT2D eigenvalue weighted by Gasteiger charge is 2.29. The molecule has 1 heterocycles. The van der Waals surface area contributed by atoms with Gasteiger partial charge in [0.1, 0.15) is 0 Å². The Balaban J connectivity index is 0.00000200. The summed E-state index contributed by atoms with van der Waals surface area (Å²) in [7, 11) is 0. The first-order valence-corrected chi connectivity index (χ1v) is 7.06. The number of rotatable bonds is 4. The highest BCUT2D eigenvalue weighted by Crippen LogP contribution is 2.27. The molecule has 0 aliphatic heterocycles. The summed E-state index contributed by atoms with van der Waals surface area (Å²) in [6.45, 7) is 2.13. The van der Waals surface area contributed by atoms with Crippen molar-refractivity contribution in [1.82, 2.24) is 10.3 Å². The minimum absolute atomic E-state index is 0. The number of amides is 1. The Labute approximate surface area is 126 Å². The van der Waals surface area contributed by atoms with E-state index in [4.69, 9.17) is 5.73 Å². The molecule has 0 aromatic carbocycles. The van der Waals surface area contributed by atoms with Crippen LogP contribution in [0.5, 0.6) is 0 Å². The van der Waals surface area contributed by atoms with Crippen LogP contribution < -0.4 is 11.1 Å². The van der Waals surface area contributed by atoms with Crippen LogP contribution in [0.15, 0.2) is 24.5 Å². The normalized spacial score (nSPS) is 18.7. The molecule has 2 rings (SSSR count). The quantitative estimate of drug-likeness (QED) is 0.895. The van der Waals surface area contributed by atoms with Gasteiger partial charge in [-0.1, -0.05) is 19.3 Å². The van der Waals surface area contributed by atoms with Crippen molar-refractivity contribution in [2.75, 3.05) is 0 Å². The van der Waals surface area contributed by atoms with Crippen LogP contribution in [0, 0.1) is 0 Å². The van der Waals surface area contributed by atoms with Crippen molar-refractivity contribution in [3.05, 3.63) is 30.1 Å². The number of pyridine rings is 1. The Morgan fingerprint density at radius 3 is 2.55 bits per heavy atom. The SMILES string of the molecule is CC1(NC(=O)[C@@H](N)Cc2ccncc2)CCCCC1.Cl. The molecule has 1 aromatic rings. The molecule has 1 fully saturated rings. The number of aromatic nitrogens is 1. The summed E-state index contributed by atoms with van der Waals surface area (Å²) in [6, 6.07) is 3.31. The van der Waals surface area contributed by atoms with Crippen molar-refractivity contribution in [2.24, 2.45) is 5.73 Å². The number of nitrogens with two attached hydrogens (primary N) is 1. The summed E-state index contributed by atoms with van der Waals surface area (Å²) in [5.41, 5.74) is 6.98. The first-order valence-electron chi connectivity index (χ1n) is 7.06. The van der Waals surface area contributed by atoms with Gasteiger partial charge in [-0.15, -0.1) is 12.4 Å². The maximum Gasteiger partial charge on any atom is 0.237 e. The van der Waals surface area contributed by atoms with Gasteiger partial charge >= 0.3 is 0 Å². The Morgan fingerprint density at radius 1 is 1.35 bits per heavy atom. The fraction of sp³-hybridized carbons (Fsp3) is 0.600. The minimum atomic E-state index is -0.485. The van der Waals surface area contributed by atoms with E-state index < -0.39 is 6.04 Å². The Hall–Kier alpha value is -1.13. The monoisotopic (exact) mass is 297 g/mol. The zero-order valence-corrected chi connectivity index (χ0v) is 12.8. The first kappa shape index (κ1) is 16.9. The van der Waals surface area contributed by atoms with Gasteiger partial charge in [0, 0.05) is 17.9 Å². The molecule has 0 radical (unpaired) electrons. The van der Waals surface area contributed by atoms with E-state index in [2.05, 4.69) is 17.2 Å². The van der Waals surface area contributed by atoms with E-state index >= 15 is 0 Å².